The number of hydrogen-bond acceptors (Lipinski definition) is 4. The molecule has 0 spiro atoms. The van der Waals surface area contributed by atoms with Gasteiger partial charge in [0.2, 0.25) is 11.8 Å². The van der Waals surface area contributed by atoms with Crippen LogP contribution in [-0.2, 0) is 9.59 Å². The van der Waals surface area contributed by atoms with Crippen molar-refractivity contribution >= 4 is 36.0 Å². The molecule has 0 aromatic rings. The van der Waals surface area contributed by atoms with Gasteiger partial charge in [-0.15, -0.1) is 24.2 Å². The van der Waals surface area contributed by atoms with Gasteiger partial charge in [-0.05, 0) is 0 Å². The number of hydrogen-bond donors (Lipinski definition) is 3. The van der Waals surface area contributed by atoms with Crippen LogP contribution in [0.5, 0.6) is 0 Å². The van der Waals surface area contributed by atoms with Crippen molar-refractivity contribution in [1.29, 1.82) is 0 Å². The SMILES string of the molecule is CNC(=O)CCNC(=O)[C@H]1CSCN1.Cl. The number of halogens is 1. The lowest BCUT2D eigenvalue weighted by atomic mass is 10.3. The lowest BCUT2D eigenvalue weighted by Crippen LogP contribution is -2.43. The normalized spacial score (nSPS) is 19.1. The average molecular weight is 254 g/mol. The average Bonchev–Trinajstić information content (AvgIpc) is 2.70. The van der Waals surface area contributed by atoms with Crippen molar-refractivity contribution in [2.75, 3.05) is 25.2 Å². The van der Waals surface area contributed by atoms with Gasteiger partial charge < -0.3 is 10.6 Å². The first kappa shape index (κ1) is 14.5. The van der Waals surface area contributed by atoms with Crippen molar-refractivity contribution < 1.29 is 9.59 Å². The Bertz CT molecular complexity index is 222. The summed E-state index contributed by atoms with van der Waals surface area (Å²) in [5.41, 5.74) is 0. The molecule has 7 heteroatoms. The van der Waals surface area contributed by atoms with E-state index < -0.39 is 0 Å². The molecule has 0 aromatic carbocycles. The van der Waals surface area contributed by atoms with E-state index in [1.165, 1.54) is 0 Å². The predicted molar refractivity (Wildman–Crippen MR) is 63.2 cm³/mol. The molecule has 5 nitrogen and oxygen atoms in total. The molecule has 0 aliphatic carbocycles. The fraction of sp³-hybridized carbons (Fsp3) is 0.750. The fourth-order valence-electron chi connectivity index (χ4n) is 1.11. The van der Waals surface area contributed by atoms with Gasteiger partial charge >= 0.3 is 0 Å². The summed E-state index contributed by atoms with van der Waals surface area (Å²) in [6, 6.07) is -0.0929. The Morgan fingerprint density at radius 1 is 1.53 bits per heavy atom. The van der Waals surface area contributed by atoms with Crippen LogP contribution in [0.3, 0.4) is 0 Å². The van der Waals surface area contributed by atoms with Crippen LogP contribution in [0.1, 0.15) is 6.42 Å². The molecule has 1 aliphatic rings. The standard InChI is InChI=1S/C8H15N3O2S.ClH/c1-9-7(12)2-3-10-8(13)6-4-14-5-11-6;/h6,11H,2-5H2,1H3,(H,9,12)(H,10,13);1H/t6-;/m1./s1. The minimum atomic E-state index is -0.0929. The third-order valence-corrected chi connectivity index (χ3v) is 2.90. The molecule has 1 aliphatic heterocycles. The van der Waals surface area contributed by atoms with Gasteiger partial charge in [0.05, 0.1) is 6.04 Å². The molecule has 1 rings (SSSR count). The zero-order valence-corrected chi connectivity index (χ0v) is 10.2. The highest BCUT2D eigenvalue weighted by atomic mass is 35.5. The molecule has 1 fully saturated rings. The van der Waals surface area contributed by atoms with Gasteiger partial charge in [-0.25, -0.2) is 0 Å². The van der Waals surface area contributed by atoms with E-state index in [1.54, 1.807) is 18.8 Å². The second-order valence-electron chi connectivity index (χ2n) is 2.99. The van der Waals surface area contributed by atoms with Crippen LogP contribution in [0, 0.1) is 0 Å². The number of carbonyl (C=O) groups excluding carboxylic acids is 2. The molecular weight excluding hydrogens is 238 g/mol. The van der Waals surface area contributed by atoms with Gasteiger partial charge in [-0.1, -0.05) is 0 Å². The first-order valence-electron chi connectivity index (χ1n) is 4.53. The van der Waals surface area contributed by atoms with E-state index in [0.717, 1.165) is 11.6 Å². The van der Waals surface area contributed by atoms with Crippen molar-refractivity contribution in [1.82, 2.24) is 16.0 Å². The minimum Gasteiger partial charge on any atom is -0.359 e. The van der Waals surface area contributed by atoms with Crippen molar-refractivity contribution in [2.24, 2.45) is 0 Å². The van der Waals surface area contributed by atoms with Crippen LogP contribution < -0.4 is 16.0 Å². The summed E-state index contributed by atoms with van der Waals surface area (Å²) in [4.78, 5) is 22.2. The second-order valence-corrected chi connectivity index (χ2v) is 4.02. The number of thioether (sulfide) groups is 1. The molecule has 1 atom stereocenters. The Morgan fingerprint density at radius 3 is 2.80 bits per heavy atom. The van der Waals surface area contributed by atoms with Gasteiger partial charge in [0.25, 0.3) is 0 Å². The number of nitrogens with one attached hydrogen (secondary N) is 3. The highest BCUT2D eigenvalue weighted by Gasteiger charge is 2.21. The molecule has 1 heterocycles. The molecule has 0 radical (unpaired) electrons. The summed E-state index contributed by atoms with van der Waals surface area (Å²) < 4.78 is 0. The Hall–Kier alpha value is -0.460. The molecule has 0 bridgehead atoms. The number of carbonyl (C=O) groups is 2. The van der Waals surface area contributed by atoms with Gasteiger partial charge in [-0.2, -0.15) is 0 Å². The zero-order chi connectivity index (χ0) is 10.4. The van der Waals surface area contributed by atoms with E-state index in [2.05, 4.69) is 16.0 Å². The Labute approximate surface area is 99.5 Å². The molecule has 15 heavy (non-hydrogen) atoms. The third kappa shape index (κ3) is 5.25. The smallest absolute Gasteiger partial charge is 0.238 e. The van der Waals surface area contributed by atoms with Gasteiger partial charge in [0, 0.05) is 31.6 Å². The number of amides is 2. The minimum absolute atomic E-state index is 0. The maximum Gasteiger partial charge on any atom is 0.238 e. The third-order valence-electron chi connectivity index (χ3n) is 1.96. The highest BCUT2D eigenvalue weighted by molar-refractivity contribution is 7.99. The van der Waals surface area contributed by atoms with Crippen LogP contribution in [0.15, 0.2) is 0 Å². The van der Waals surface area contributed by atoms with E-state index in [-0.39, 0.29) is 30.3 Å². The first-order chi connectivity index (χ1) is 6.74. The molecule has 1 saturated heterocycles. The van der Waals surface area contributed by atoms with Crippen LogP contribution in [0.25, 0.3) is 0 Å². The Balaban J connectivity index is 0.00000196. The summed E-state index contributed by atoms with van der Waals surface area (Å²) >= 11 is 1.70. The summed E-state index contributed by atoms with van der Waals surface area (Å²) in [6.45, 7) is 0.404. The van der Waals surface area contributed by atoms with Crippen molar-refractivity contribution in [3.63, 3.8) is 0 Å². The quantitative estimate of drug-likeness (QED) is 0.621. The molecule has 2 amide bonds. The van der Waals surface area contributed by atoms with Gasteiger partial charge in [-0.3, -0.25) is 14.9 Å². The molecule has 0 saturated carbocycles. The fourth-order valence-corrected chi connectivity index (χ4v) is 2.05. The number of rotatable bonds is 4. The lowest BCUT2D eigenvalue weighted by Gasteiger charge is -2.09. The molecule has 0 aromatic heterocycles. The van der Waals surface area contributed by atoms with Crippen molar-refractivity contribution in [2.45, 2.75) is 12.5 Å². The lowest BCUT2D eigenvalue weighted by molar-refractivity contribution is -0.123. The molecule has 88 valence electrons. The largest absolute Gasteiger partial charge is 0.359 e. The van der Waals surface area contributed by atoms with Crippen LogP contribution in [-0.4, -0.2) is 43.1 Å². The first-order valence-corrected chi connectivity index (χ1v) is 5.69. The second kappa shape index (κ2) is 7.78. The van der Waals surface area contributed by atoms with Crippen molar-refractivity contribution in [3.05, 3.63) is 0 Å². The van der Waals surface area contributed by atoms with Crippen molar-refractivity contribution in [3.8, 4) is 0 Å². The Kier molecular flexibility index (Phi) is 7.54. The van der Waals surface area contributed by atoms with Gasteiger partial charge in [0.1, 0.15) is 0 Å². The topological polar surface area (TPSA) is 70.2 Å². The van der Waals surface area contributed by atoms with E-state index in [9.17, 15) is 9.59 Å². The van der Waals surface area contributed by atoms with Crippen LogP contribution in [0.2, 0.25) is 0 Å². The van der Waals surface area contributed by atoms with Crippen LogP contribution in [0.4, 0.5) is 0 Å². The molecule has 3 N–H and O–H groups in total. The molecule has 0 unspecified atom stereocenters. The maximum absolute atomic E-state index is 11.4. The monoisotopic (exact) mass is 253 g/mol. The van der Waals surface area contributed by atoms with E-state index >= 15 is 0 Å². The van der Waals surface area contributed by atoms with E-state index in [4.69, 9.17) is 0 Å². The highest BCUT2D eigenvalue weighted by Crippen LogP contribution is 2.08. The summed E-state index contributed by atoms with van der Waals surface area (Å²) in [5, 5.41) is 8.27. The summed E-state index contributed by atoms with van der Waals surface area (Å²) in [5.74, 6) is 1.57. The maximum atomic E-state index is 11.4. The van der Waals surface area contributed by atoms with Crippen LogP contribution >= 0.6 is 24.2 Å². The van der Waals surface area contributed by atoms with E-state index in [1.807, 2.05) is 0 Å². The Morgan fingerprint density at radius 2 is 2.27 bits per heavy atom. The van der Waals surface area contributed by atoms with Gasteiger partial charge in [0.15, 0.2) is 0 Å². The zero-order valence-electron chi connectivity index (χ0n) is 8.54. The van der Waals surface area contributed by atoms with E-state index in [0.29, 0.717) is 13.0 Å². The molecular formula is C8H16ClN3O2S. The predicted octanol–water partition coefficient (Wildman–Crippen LogP) is -0.677. The summed E-state index contributed by atoms with van der Waals surface area (Å²) in [6.07, 6.45) is 0.335. The summed E-state index contributed by atoms with van der Waals surface area (Å²) in [7, 11) is 1.58.